The Hall–Kier alpha value is -1.61. The van der Waals surface area contributed by atoms with Gasteiger partial charge in [0.15, 0.2) is 0 Å². The number of benzene rings is 1. The van der Waals surface area contributed by atoms with E-state index in [9.17, 15) is 0 Å². The average Bonchev–Trinajstić information content (AvgIpc) is 2.31. The lowest BCUT2D eigenvalue weighted by molar-refractivity contribution is 1.06. The van der Waals surface area contributed by atoms with Gasteiger partial charge >= 0.3 is 0 Å². The fourth-order valence-electron chi connectivity index (χ4n) is 1.61. The highest BCUT2D eigenvalue weighted by atomic mass is 35.5. The smallest absolute Gasteiger partial charge is 0.137 e. The number of aryl methyl sites for hydroxylation is 1. The first-order valence-electron chi connectivity index (χ1n) is 5.43. The molecule has 0 saturated heterocycles. The second-order valence-corrected chi connectivity index (χ2v) is 4.34. The summed E-state index contributed by atoms with van der Waals surface area (Å²) in [6.07, 6.45) is 1.47. The minimum atomic E-state index is 0.492. The van der Waals surface area contributed by atoms with Gasteiger partial charge in [-0.3, -0.25) is 0 Å². The maximum absolute atomic E-state index is 5.93. The quantitative estimate of drug-likeness (QED) is 0.846. The van der Waals surface area contributed by atoms with E-state index < -0.39 is 0 Å². The highest BCUT2D eigenvalue weighted by molar-refractivity contribution is 6.30. The van der Waals surface area contributed by atoms with Crippen molar-refractivity contribution in [2.45, 2.75) is 20.4 Å². The van der Waals surface area contributed by atoms with E-state index in [1.807, 2.05) is 13.0 Å². The first-order valence-corrected chi connectivity index (χ1v) is 5.81. The van der Waals surface area contributed by atoms with Crippen molar-refractivity contribution < 1.29 is 0 Å². The van der Waals surface area contributed by atoms with Crippen molar-refractivity contribution in [1.29, 1.82) is 0 Å². The first-order chi connectivity index (χ1) is 8.16. The second-order valence-electron chi connectivity index (χ2n) is 3.98. The van der Waals surface area contributed by atoms with Crippen LogP contribution in [-0.4, -0.2) is 9.97 Å². The molecule has 0 unspecified atom stereocenters. The van der Waals surface area contributed by atoms with Gasteiger partial charge in [0, 0.05) is 12.1 Å². The third-order valence-corrected chi connectivity index (χ3v) is 2.95. The summed E-state index contributed by atoms with van der Waals surface area (Å²) in [6.45, 7) is 4.72. The van der Waals surface area contributed by atoms with E-state index in [1.165, 1.54) is 17.5 Å². The van der Waals surface area contributed by atoms with E-state index in [-0.39, 0.29) is 0 Å². The third-order valence-electron chi connectivity index (χ3n) is 2.57. The van der Waals surface area contributed by atoms with Crippen LogP contribution < -0.4 is 5.32 Å². The first kappa shape index (κ1) is 11.9. The highest BCUT2D eigenvalue weighted by Crippen LogP contribution is 2.18. The van der Waals surface area contributed by atoms with Crippen LogP contribution in [0.1, 0.15) is 16.7 Å². The SMILES string of the molecule is Cc1cccc(CNc2ncnc(Cl)c2C)c1. The maximum Gasteiger partial charge on any atom is 0.137 e. The summed E-state index contributed by atoms with van der Waals surface area (Å²) < 4.78 is 0. The minimum absolute atomic E-state index is 0.492. The average molecular weight is 248 g/mol. The molecule has 2 rings (SSSR count). The van der Waals surface area contributed by atoms with Gasteiger partial charge in [-0.05, 0) is 19.4 Å². The minimum Gasteiger partial charge on any atom is -0.366 e. The summed E-state index contributed by atoms with van der Waals surface area (Å²) in [5, 5.41) is 3.75. The Morgan fingerprint density at radius 3 is 2.82 bits per heavy atom. The van der Waals surface area contributed by atoms with Crippen LogP contribution in [0.4, 0.5) is 5.82 Å². The van der Waals surface area contributed by atoms with Crippen LogP contribution in [0.2, 0.25) is 5.15 Å². The van der Waals surface area contributed by atoms with E-state index in [0.29, 0.717) is 5.15 Å². The molecule has 0 radical (unpaired) electrons. The molecule has 2 aromatic rings. The normalized spacial score (nSPS) is 10.3. The van der Waals surface area contributed by atoms with Gasteiger partial charge in [0.1, 0.15) is 17.3 Å². The van der Waals surface area contributed by atoms with Gasteiger partial charge in [0.2, 0.25) is 0 Å². The summed E-state index contributed by atoms with van der Waals surface area (Å²) >= 11 is 5.93. The van der Waals surface area contributed by atoms with Gasteiger partial charge in [-0.2, -0.15) is 0 Å². The lowest BCUT2D eigenvalue weighted by atomic mass is 10.1. The summed E-state index contributed by atoms with van der Waals surface area (Å²) in [7, 11) is 0. The van der Waals surface area contributed by atoms with Crippen LogP contribution in [0.3, 0.4) is 0 Å². The molecule has 1 N–H and O–H groups in total. The molecule has 1 aromatic carbocycles. The molecule has 3 nitrogen and oxygen atoms in total. The van der Waals surface area contributed by atoms with Crippen molar-refractivity contribution in [3.05, 3.63) is 52.4 Å². The Kier molecular flexibility index (Phi) is 3.59. The van der Waals surface area contributed by atoms with Crippen LogP contribution in [0.25, 0.3) is 0 Å². The molecular formula is C13H14ClN3. The number of rotatable bonds is 3. The number of anilines is 1. The molecule has 0 aliphatic heterocycles. The predicted octanol–water partition coefficient (Wildman–Crippen LogP) is 3.36. The molecule has 0 aliphatic rings. The number of hydrogen-bond donors (Lipinski definition) is 1. The van der Waals surface area contributed by atoms with E-state index in [2.05, 4.69) is 40.4 Å². The summed E-state index contributed by atoms with van der Waals surface area (Å²) in [6, 6.07) is 8.35. The predicted molar refractivity (Wildman–Crippen MR) is 70.3 cm³/mol. The fourth-order valence-corrected chi connectivity index (χ4v) is 1.75. The van der Waals surface area contributed by atoms with Gasteiger partial charge < -0.3 is 5.32 Å². The summed E-state index contributed by atoms with van der Waals surface area (Å²) in [5.74, 6) is 0.784. The van der Waals surface area contributed by atoms with Crippen molar-refractivity contribution in [2.75, 3.05) is 5.32 Å². The number of nitrogens with one attached hydrogen (secondary N) is 1. The van der Waals surface area contributed by atoms with Crippen LogP contribution in [0.5, 0.6) is 0 Å². The summed E-state index contributed by atoms with van der Waals surface area (Å²) in [4.78, 5) is 8.09. The largest absolute Gasteiger partial charge is 0.366 e. The molecule has 1 heterocycles. The van der Waals surface area contributed by atoms with E-state index in [1.54, 1.807) is 0 Å². The molecule has 0 fully saturated rings. The van der Waals surface area contributed by atoms with E-state index in [0.717, 1.165) is 17.9 Å². The highest BCUT2D eigenvalue weighted by Gasteiger charge is 2.04. The molecule has 0 spiro atoms. The Morgan fingerprint density at radius 2 is 2.06 bits per heavy atom. The molecule has 0 amide bonds. The number of aromatic nitrogens is 2. The standard InChI is InChI=1S/C13H14ClN3/c1-9-4-3-5-11(6-9)7-15-13-10(2)12(14)16-8-17-13/h3-6,8H,7H2,1-2H3,(H,15,16,17). The van der Waals surface area contributed by atoms with Gasteiger partial charge in [-0.15, -0.1) is 0 Å². The number of nitrogens with zero attached hydrogens (tertiary/aromatic N) is 2. The topological polar surface area (TPSA) is 37.8 Å². The van der Waals surface area contributed by atoms with Crippen LogP contribution >= 0.6 is 11.6 Å². The monoisotopic (exact) mass is 247 g/mol. The summed E-state index contributed by atoms with van der Waals surface area (Å²) in [5.41, 5.74) is 3.35. The maximum atomic E-state index is 5.93. The lowest BCUT2D eigenvalue weighted by Gasteiger charge is -2.09. The van der Waals surface area contributed by atoms with Crippen LogP contribution in [0.15, 0.2) is 30.6 Å². The molecule has 0 aliphatic carbocycles. The zero-order chi connectivity index (χ0) is 12.3. The van der Waals surface area contributed by atoms with Crippen molar-refractivity contribution in [3.63, 3.8) is 0 Å². The van der Waals surface area contributed by atoms with Crippen LogP contribution in [0, 0.1) is 13.8 Å². The molecule has 17 heavy (non-hydrogen) atoms. The fraction of sp³-hybridized carbons (Fsp3) is 0.231. The second kappa shape index (κ2) is 5.15. The van der Waals surface area contributed by atoms with Gasteiger partial charge in [-0.1, -0.05) is 41.4 Å². The Labute approximate surface area is 106 Å². The molecule has 0 bridgehead atoms. The van der Waals surface area contributed by atoms with E-state index >= 15 is 0 Å². The van der Waals surface area contributed by atoms with Gasteiger partial charge in [0.25, 0.3) is 0 Å². The molecular weight excluding hydrogens is 234 g/mol. The van der Waals surface area contributed by atoms with E-state index in [4.69, 9.17) is 11.6 Å². The Morgan fingerprint density at radius 1 is 1.24 bits per heavy atom. The zero-order valence-corrected chi connectivity index (χ0v) is 10.6. The zero-order valence-electron chi connectivity index (χ0n) is 9.87. The number of hydrogen-bond acceptors (Lipinski definition) is 3. The van der Waals surface area contributed by atoms with Gasteiger partial charge in [-0.25, -0.2) is 9.97 Å². The van der Waals surface area contributed by atoms with Crippen molar-refractivity contribution in [2.24, 2.45) is 0 Å². The molecule has 1 aromatic heterocycles. The molecule has 0 atom stereocenters. The van der Waals surface area contributed by atoms with Gasteiger partial charge in [0.05, 0.1) is 0 Å². The third kappa shape index (κ3) is 2.94. The number of halogens is 1. The molecule has 4 heteroatoms. The van der Waals surface area contributed by atoms with Crippen molar-refractivity contribution in [1.82, 2.24) is 9.97 Å². The Bertz CT molecular complexity index is 526. The Balaban J connectivity index is 2.10. The van der Waals surface area contributed by atoms with Crippen molar-refractivity contribution >= 4 is 17.4 Å². The molecule has 88 valence electrons. The lowest BCUT2D eigenvalue weighted by Crippen LogP contribution is -2.04. The van der Waals surface area contributed by atoms with Crippen molar-refractivity contribution in [3.8, 4) is 0 Å². The van der Waals surface area contributed by atoms with Crippen LogP contribution in [-0.2, 0) is 6.54 Å². The molecule has 0 saturated carbocycles.